The Balaban J connectivity index is 2.15. The SMILES string of the molecule is C#Cc1c(-c2ccc(CCC)cc2)cccc1-c1c(F)cc(CC)cc1F. The van der Waals surface area contributed by atoms with Crippen LogP contribution >= 0.6 is 0 Å². The lowest BCUT2D eigenvalue weighted by Gasteiger charge is -2.14. The molecule has 0 radical (unpaired) electrons. The molecular weight excluding hydrogens is 338 g/mol. The highest BCUT2D eigenvalue weighted by Crippen LogP contribution is 2.35. The molecule has 0 N–H and O–H groups in total. The minimum Gasteiger partial charge on any atom is -0.206 e. The van der Waals surface area contributed by atoms with Crippen molar-refractivity contribution in [1.82, 2.24) is 0 Å². The van der Waals surface area contributed by atoms with Crippen LogP contribution in [0.3, 0.4) is 0 Å². The standard InChI is InChI=1S/C25H22F2/c1-4-8-18-11-13-19(14-12-18)21-9-7-10-22(20(21)6-3)25-23(26)15-17(5-2)16-24(25)27/h3,7,9-16H,4-5,8H2,1-2H3. The molecule has 136 valence electrons. The van der Waals surface area contributed by atoms with Crippen molar-refractivity contribution >= 4 is 0 Å². The van der Waals surface area contributed by atoms with E-state index in [0.29, 0.717) is 23.1 Å². The minimum absolute atomic E-state index is 0.0652. The number of rotatable bonds is 5. The summed E-state index contributed by atoms with van der Waals surface area (Å²) in [6.07, 6.45) is 8.43. The molecule has 2 heteroatoms. The predicted octanol–water partition coefficient (Wildman–Crippen LogP) is 6.80. The molecule has 0 aromatic heterocycles. The lowest BCUT2D eigenvalue weighted by molar-refractivity contribution is 0.586. The average molecular weight is 360 g/mol. The Labute approximate surface area is 159 Å². The highest BCUT2D eigenvalue weighted by atomic mass is 19.1. The fraction of sp³-hybridized carbons (Fsp3) is 0.200. The summed E-state index contributed by atoms with van der Waals surface area (Å²) in [6.45, 7) is 4.00. The van der Waals surface area contributed by atoms with E-state index in [0.717, 1.165) is 24.0 Å². The topological polar surface area (TPSA) is 0 Å². The molecule has 0 saturated heterocycles. The highest BCUT2D eigenvalue weighted by Gasteiger charge is 2.18. The van der Waals surface area contributed by atoms with Crippen LogP contribution in [-0.2, 0) is 12.8 Å². The molecule has 3 aromatic carbocycles. The zero-order chi connectivity index (χ0) is 19.4. The first-order valence-corrected chi connectivity index (χ1v) is 9.26. The van der Waals surface area contributed by atoms with Gasteiger partial charge in [0, 0.05) is 11.1 Å². The molecule has 0 unspecified atom stereocenters. The maximum absolute atomic E-state index is 14.7. The Hall–Kier alpha value is -2.92. The van der Waals surface area contributed by atoms with Gasteiger partial charge in [0.2, 0.25) is 0 Å². The molecular formula is C25H22F2. The van der Waals surface area contributed by atoms with E-state index in [9.17, 15) is 8.78 Å². The lowest BCUT2D eigenvalue weighted by Crippen LogP contribution is -1.97. The van der Waals surface area contributed by atoms with Gasteiger partial charge in [0.05, 0.1) is 5.56 Å². The average Bonchev–Trinajstić information content (AvgIpc) is 2.68. The number of halogens is 2. The Kier molecular flexibility index (Phi) is 5.72. The molecule has 0 spiro atoms. The molecule has 0 aliphatic rings. The van der Waals surface area contributed by atoms with Crippen LogP contribution in [0.15, 0.2) is 54.6 Å². The van der Waals surface area contributed by atoms with Gasteiger partial charge in [0.25, 0.3) is 0 Å². The van der Waals surface area contributed by atoms with Gasteiger partial charge in [-0.15, -0.1) is 6.42 Å². The monoisotopic (exact) mass is 360 g/mol. The predicted molar refractivity (Wildman–Crippen MR) is 109 cm³/mol. The molecule has 0 aliphatic carbocycles. The van der Waals surface area contributed by atoms with Crippen LogP contribution in [0.1, 0.15) is 37.0 Å². The van der Waals surface area contributed by atoms with Crippen molar-refractivity contribution in [3.05, 3.63) is 82.9 Å². The Bertz CT molecular complexity index is 969. The second-order valence-electron chi connectivity index (χ2n) is 6.61. The number of aryl methyl sites for hydroxylation is 2. The van der Waals surface area contributed by atoms with Crippen LogP contribution in [0.5, 0.6) is 0 Å². The van der Waals surface area contributed by atoms with Gasteiger partial charge < -0.3 is 0 Å². The van der Waals surface area contributed by atoms with E-state index in [1.165, 1.54) is 17.7 Å². The molecule has 0 aliphatic heterocycles. The van der Waals surface area contributed by atoms with E-state index < -0.39 is 11.6 Å². The first-order valence-electron chi connectivity index (χ1n) is 9.26. The molecule has 27 heavy (non-hydrogen) atoms. The van der Waals surface area contributed by atoms with Crippen molar-refractivity contribution in [3.63, 3.8) is 0 Å². The van der Waals surface area contributed by atoms with E-state index in [1.54, 1.807) is 12.1 Å². The van der Waals surface area contributed by atoms with Crippen LogP contribution in [-0.4, -0.2) is 0 Å². The smallest absolute Gasteiger partial charge is 0.134 e. The number of benzene rings is 3. The van der Waals surface area contributed by atoms with Gasteiger partial charge >= 0.3 is 0 Å². The molecule has 0 amide bonds. The molecule has 0 bridgehead atoms. The Morgan fingerprint density at radius 3 is 2.04 bits per heavy atom. The van der Waals surface area contributed by atoms with Gasteiger partial charge in [0.1, 0.15) is 11.6 Å². The van der Waals surface area contributed by atoms with Crippen molar-refractivity contribution in [3.8, 4) is 34.6 Å². The molecule has 0 fully saturated rings. The van der Waals surface area contributed by atoms with E-state index in [1.807, 2.05) is 25.1 Å². The van der Waals surface area contributed by atoms with Crippen molar-refractivity contribution in [1.29, 1.82) is 0 Å². The maximum Gasteiger partial charge on any atom is 0.134 e. The third-order valence-electron chi connectivity index (χ3n) is 4.79. The van der Waals surface area contributed by atoms with E-state index in [-0.39, 0.29) is 5.56 Å². The van der Waals surface area contributed by atoms with Gasteiger partial charge in [-0.2, -0.15) is 0 Å². The second kappa shape index (κ2) is 8.18. The third-order valence-corrected chi connectivity index (χ3v) is 4.79. The summed E-state index contributed by atoms with van der Waals surface area (Å²) in [6, 6.07) is 16.3. The zero-order valence-corrected chi connectivity index (χ0v) is 15.7. The molecule has 0 nitrogen and oxygen atoms in total. The van der Waals surface area contributed by atoms with Crippen LogP contribution in [0, 0.1) is 24.0 Å². The second-order valence-corrected chi connectivity index (χ2v) is 6.61. The number of hydrogen-bond acceptors (Lipinski definition) is 0. The van der Waals surface area contributed by atoms with Gasteiger partial charge in [-0.3, -0.25) is 0 Å². The van der Waals surface area contributed by atoms with Crippen molar-refractivity contribution in [2.75, 3.05) is 0 Å². The van der Waals surface area contributed by atoms with E-state index >= 15 is 0 Å². The fourth-order valence-corrected chi connectivity index (χ4v) is 3.38. The molecule has 3 aromatic rings. The zero-order valence-electron chi connectivity index (χ0n) is 15.7. The molecule has 0 atom stereocenters. The highest BCUT2D eigenvalue weighted by molar-refractivity contribution is 5.83. The van der Waals surface area contributed by atoms with Crippen molar-refractivity contribution in [2.45, 2.75) is 33.1 Å². The van der Waals surface area contributed by atoms with Crippen LogP contribution in [0.2, 0.25) is 0 Å². The number of hydrogen-bond donors (Lipinski definition) is 0. The van der Waals surface area contributed by atoms with Gasteiger partial charge in [0.15, 0.2) is 0 Å². The van der Waals surface area contributed by atoms with E-state index in [4.69, 9.17) is 6.42 Å². The summed E-state index contributed by atoms with van der Waals surface area (Å²) in [5, 5.41) is 0. The Morgan fingerprint density at radius 1 is 0.852 bits per heavy atom. The summed E-state index contributed by atoms with van der Waals surface area (Å²) in [7, 11) is 0. The first kappa shape index (κ1) is 18.9. The van der Waals surface area contributed by atoms with Crippen LogP contribution in [0.25, 0.3) is 22.3 Å². The summed E-state index contributed by atoms with van der Waals surface area (Å²) in [4.78, 5) is 0. The summed E-state index contributed by atoms with van der Waals surface area (Å²) in [5.41, 5.74) is 4.47. The first-order chi connectivity index (χ1) is 13.1. The van der Waals surface area contributed by atoms with Gasteiger partial charge in [-0.1, -0.05) is 68.7 Å². The van der Waals surface area contributed by atoms with Gasteiger partial charge in [-0.25, -0.2) is 8.78 Å². The van der Waals surface area contributed by atoms with Crippen molar-refractivity contribution < 1.29 is 8.78 Å². The largest absolute Gasteiger partial charge is 0.206 e. The quantitative estimate of drug-likeness (QED) is 0.439. The third kappa shape index (κ3) is 3.78. The summed E-state index contributed by atoms with van der Waals surface area (Å²) >= 11 is 0. The Morgan fingerprint density at radius 2 is 1.48 bits per heavy atom. The normalized spacial score (nSPS) is 10.6. The van der Waals surface area contributed by atoms with E-state index in [2.05, 4.69) is 25.0 Å². The van der Waals surface area contributed by atoms with Gasteiger partial charge in [-0.05, 0) is 47.2 Å². The fourth-order valence-electron chi connectivity index (χ4n) is 3.38. The number of terminal acetylenes is 1. The van der Waals surface area contributed by atoms with Crippen molar-refractivity contribution in [2.24, 2.45) is 0 Å². The molecule has 3 rings (SSSR count). The minimum atomic E-state index is -0.584. The summed E-state index contributed by atoms with van der Waals surface area (Å²) < 4.78 is 29.3. The molecule has 0 saturated carbocycles. The summed E-state index contributed by atoms with van der Waals surface area (Å²) in [5.74, 6) is 1.48. The van der Waals surface area contributed by atoms with Crippen LogP contribution < -0.4 is 0 Å². The van der Waals surface area contributed by atoms with Crippen LogP contribution in [0.4, 0.5) is 8.78 Å². The lowest BCUT2D eigenvalue weighted by atomic mass is 9.90. The molecule has 0 heterocycles. The maximum atomic E-state index is 14.7.